The van der Waals surface area contributed by atoms with E-state index in [0.717, 1.165) is 17.7 Å². The Hall–Kier alpha value is -1.39. The molecule has 0 fully saturated rings. The van der Waals surface area contributed by atoms with Crippen LogP contribution in [0.25, 0.3) is 0 Å². The van der Waals surface area contributed by atoms with E-state index < -0.39 is 6.10 Å². The fourth-order valence-electron chi connectivity index (χ4n) is 2.00. The number of aliphatic hydroxyl groups is 1. The summed E-state index contributed by atoms with van der Waals surface area (Å²) in [6.07, 6.45) is 3.03. The standard InChI is InChI=1S/C14H16ClFN2O/c1-18-12(6-7-17-18)4-5-13(19)8-10-2-3-11(16)9-14(10)15/h2-3,6-7,9,13,19H,4-5,8H2,1H3. The number of nitrogens with zero attached hydrogens (tertiary/aromatic N) is 2. The van der Waals surface area contributed by atoms with Crippen molar-refractivity contribution in [3.8, 4) is 0 Å². The first-order chi connectivity index (χ1) is 9.06. The van der Waals surface area contributed by atoms with E-state index in [1.54, 1.807) is 16.9 Å². The molecule has 0 amide bonds. The van der Waals surface area contributed by atoms with Crippen LogP contribution in [-0.2, 0) is 19.9 Å². The first kappa shape index (κ1) is 14.0. The van der Waals surface area contributed by atoms with Crippen LogP contribution in [0.5, 0.6) is 0 Å². The molecule has 1 heterocycles. The molecular weight excluding hydrogens is 267 g/mol. The van der Waals surface area contributed by atoms with E-state index >= 15 is 0 Å². The molecule has 1 aromatic carbocycles. The monoisotopic (exact) mass is 282 g/mol. The van der Waals surface area contributed by atoms with Crippen LogP contribution in [-0.4, -0.2) is 21.0 Å². The molecule has 1 aromatic heterocycles. The van der Waals surface area contributed by atoms with Gasteiger partial charge in [-0.05, 0) is 43.0 Å². The summed E-state index contributed by atoms with van der Waals surface area (Å²) in [4.78, 5) is 0. The molecule has 0 spiro atoms. The molecule has 0 aliphatic carbocycles. The number of aromatic nitrogens is 2. The van der Waals surface area contributed by atoms with Crippen molar-refractivity contribution < 1.29 is 9.50 Å². The van der Waals surface area contributed by atoms with Crippen LogP contribution in [0.15, 0.2) is 30.5 Å². The summed E-state index contributed by atoms with van der Waals surface area (Å²) in [7, 11) is 1.87. The van der Waals surface area contributed by atoms with Crippen molar-refractivity contribution in [1.29, 1.82) is 0 Å². The Morgan fingerprint density at radius 1 is 1.42 bits per heavy atom. The average molecular weight is 283 g/mol. The Bertz CT molecular complexity index is 556. The zero-order chi connectivity index (χ0) is 13.8. The Morgan fingerprint density at radius 2 is 2.21 bits per heavy atom. The topological polar surface area (TPSA) is 38.0 Å². The quantitative estimate of drug-likeness (QED) is 0.916. The lowest BCUT2D eigenvalue weighted by Crippen LogP contribution is -2.13. The van der Waals surface area contributed by atoms with Gasteiger partial charge in [0.15, 0.2) is 0 Å². The molecule has 19 heavy (non-hydrogen) atoms. The van der Waals surface area contributed by atoms with E-state index in [0.29, 0.717) is 17.9 Å². The van der Waals surface area contributed by atoms with Crippen LogP contribution < -0.4 is 0 Å². The molecule has 1 atom stereocenters. The number of rotatable bonds is 5. The van der Waals surface area contributed by atoms with Crippen molar-refractivity contribution in [2.75, 3.05) is 0 Å². The van der Waals surface area contributed by atoms with Crippen molar-refractivity contribution in [2.24, 2.45) is 7.05 Å². The highest BCUT2D eigenvalue weighted by molar-refractivity contribution is 6.31. The molecule has 1 unspecified atom stereocenters. The largest absolute Gasteiger partial charge is 0.393 e. The third-order valence-corrected chi connectivity index (χ3v) is 3.48. The van der Waals surface area contributed by atoms with Crippen LogP contribution in [0, 0.1) is 5.82 Å². The Kier molecular flexibility index (Phi) is 4.56. The van der Waals surface area contributed by atoms with Crippen molar-refractivity contribution in [2.45, 2.75) is 25.4 Å². The molecule has 2 aromatic rings. The van der Waals surface area contributed by atoms with Gasteiger partial charge in [-0.1, -0.05) is 17.7 Å². The number of hydrogen-bond donors (Lipinski definition) is 1. The third kappa shape index (κ3) is 3.78. The summed E-state index contributed by atoms with van der Waals surface area (Å²) in [5.74, 6) is -0.363. The predicted molar refractivity (Wildman–Crippen MR) is 72.6 cm³/mol. The van der Waals surface area contributed by atoms with Gasteiger partial charge in [-0.25, -0.2) is 4.39 Å². The van der Waals surface area contributed by atoms with Gasteiger partial charge in [0, 0.05) is 24.0 Å². The molecular formula is C14H16ClFN2O. The highest BCUT2D eigenvalue weighted by Crippen LogP contribution is 2.20. The molecule has 2 rings (SSSR count). The second-order valence-electron chi connectivity index (χ2n) is 4.58. The number of benzene rings is 1. The lowest BCUT2D eigenvalue weighted by molar-refractivity contribution is 0.164. The smallest absolute Gasteiger partial charge is 0.124 e. The van der Waals surface area contributed by atoms with Gasteiger partial charge in [-0.2, -0.15) is 5.10 Å². The minimum absolute atomic E-state index is 0.361. The maximum Gasteiger partial charge on any atom is 0.124 e. The molecule has 0 saturated heterocycles. The molecule has 1 N–H and O–H groups in total. The molecule has 0 aliphatic heterocycles. The van der Waals surface area contributed by atoms with E-state index in [9.17, 15) is 9.50 Å². The van der Waals surface area contributed by atoms with Gasteiger partial charge >= 0.3 is 0 Å². The van der Waals surface area contributed by atoms with Crippen LogP contribution in [0.2, 0.25) is 5.02 Å². The van der Waals surface area contributed by atoms with Crippen molar-refractivity contribution in [1.82, 2.24) is 9.78 Å². The van der Waals surface area contributed by atoms with Crippen molar-refractivity contribution in [3.05, 3.63) is 52.6 Å². The molecule has 0 radical (unpaired) electrons. The summed E-state index contributed by atoms with van der Waals surface area (Å²) >= 11 is 5.93. The van der Waals surface area contributed by atoms with E-state index in [1.807, 2.05) is 13.1 Å². The van der Waals surface area contributed by atoms with Gasteiger partial charge in [0.05, 0.1) is 6.10 Å². The lowest BCUT2D eigenvalue weighted by Gasteiger charge is -2.12. The summed E-state index contributed by atoms with van der Waals surface area (Å²) < 4.78 is 14.7. The average Bonchev–Trinajstić information content (AvgIpc) is 2.76. The van der Waals surface area contributed by atoms with Gasteiger partial charge < -0.3 is 5.11 Å². The first-order valence-electron chi connectivity index (χ1n) is 6.15. The molecule has 0 aliphatic rings. The second-order valence-corrected chi connectivity index (χ2v) is 4.99. The predicted octanol–water partition coefficient (Wildman–Crippen LogP) is 2.75. The maximum absolute atomic E-state index is 12.9. The van der Waals surface area contributed by atoms with Crippen LogP contribution in [0.4, 0.5) is 4.39 Å². The Morgan fingerprint density at radius 3 is 2.84 bits per heavy atom. The normalized spacial score (nSPS) is 12.6. The molecule has 3 nitrogen and oxygen atoms in total. The summed E-state index contributed by atoms with van der Waals surface area (Å²) in [5.41, 5.74) is 1.84. The summed E-state index contributed by atoms with van der Waals surface area (Å²) in [5, 5.41) is 14.4. The molecule has 0 bridgehead atoms. The van der Waals surface area contributed by atoms with Crippen LogP contribution in [0.3, 0.4) is 0 Å². The SMILES string of the molecule is Cn1nccc1CCC(O)Cc1ccc(F)cc1Cl. The van der Waals surface area contributed by atoms with Crippen molar-refractivity contribution in [3.63, 3.8) is 0 Å². The molecule has 102 valence electrons. The number of aryl methyl sites for hydroxylation is 2. The van der Waals surface area contributed by atoms with E-state index in [1.165, 1.54) is 12.1 Å². The van der Waals surface area contributed by atoms with E-state index in [2.05, 4.69) is 5.10 Å². The highest BCUT2D eigenvalue weighted by Gasteiger charge is 2.10. The van der Waals surface area contributed by atoms with Gasteiger partial charge in [0.1, 0.15) is 5.82 Å². The van der Waals surface area contributed by atoms with Gasteiger partial charge in [-0.15, -0.1) is 0 Å². The number of hydrogen-bond acceptors (Lipinski definition) is 2. The fraction of sp³-hybridized carbons (Fsp3) is 0.357. The first-order valence-corrected chi connectivity index (χ1v) is 6.53. The molecule has 5 heteroatoms. The Balaban J connectivity index is 1.90. The zero-order valence-electron chi connectivity index (χ0n) is 10.7. The zero-order valence-corrected chi connectivity index (χ0v) is 11.4. The Labute approximate surface area is 116 Å². The molecule has 0 saturated carbocycles. The van der Waals surface area contributed by atoms with Crippen molar-refractivity contribution >= 4 is 11.6 Å². The maximum atomic E-state index is 12.9. The van der Waals surface area contributed by atoms with Gasteiger partial charge in [-0.3, -0.25) is 4.68 Å². The summed E-state index contributed by atoms with van der Waals surface area (Å²) in [6, 6.07) is 6.17. The fourth-order valence-corrected chi connectivity index (χ4v) is 2.25. The second kappa shape index (κ2) is 6.17. The van der Waals surface area contributed by atoms with Gasteiger partial charge in [0.2, 0.25) is 0 Å². The number of halogens is 2. The third-order valence-electron chi connectivity index (χ3n) is 3.13. The minimum Gasteiger partial charge on any atom is -0.393 e. The summed E-state index contributed by atoms with van der Waals surface area (Å²) in [6.45, 7) is 0. The number of aliphatic hydroxyl groups excluding tert-OH is 1. The lowest BCUT2D eigenvalue weighted by atomic mass is 10.0. The minimum atomic E-state index is -0.502. The van der Waals surface area contributed by atoms with Crippen LogP contribution >= 0.6 is 11.6 Å². The highest BCUT2D eigenvalue weighted by atomic mass is 35.5. The van der Waals surface area contributed by atoms with E-state index in [4.69, 9.17) is 11.6 Å². The van der Waals surface area contributed by atoms with Gasteiger partial charge in [0.25, 0.3) is 0 Å². The van der Waals surface area contributed by atoms with Crippen LogP contribution in [0.1, 0.15) is 17.7 Å². The van der Waals surface area contributed by atoms with E-state index in [-0.39, 0.29) is 5.82 Å².